The lowest BCUT2D eigenvalue weighted by Crippen LogP contribution is -2.29. The lowest BCUT2D eigenvalue weighted by molar-refractivity contribution is -0.121. The number of anilines is 1. The number of nitrogens with one attached hydrogen (secondary N) is 1. The van der Waals surface area contributed by atoms with Crippen LogP contribution in [0.15, 0.2) is 36.4 Å². The Morgan fingerprint density at radius 1 is 1.18 bits per heavy atom. The molecule has 2 bridgehead atoms. The van der Waals surface area contributed by atoms with Gasteiger partial charge in [-0.05, 0) is 12.5 Å². The number of rotatable bonds is 0. The van der Waals surface area contributed by atoms with E-state index in [9.17, 15) is 25.2 Å². The molecular formula is C16H19NO5. The van der Waals surface area contributed by atoms with Gasteiger partial charge in [0.2, 0.25) is 5.91 Å². The smallest absolute Gasteiger partial charge is 0.230 e. The maximum absolute atomic E-state index is 12.1. The zero-order valence-electron chi connectivity index (χ0n) is 12.1. The first kappa shape index (κ1) is 16.1. The first-order valence-electron chi connectivity index (χ1n) is 6.96. The van der Waals surface area contributed by atoms with Gasteiger partial charge in [-0.3, -0.25) is 4.79 Å². The van der Waals surface area contributed by atoms with E-state index in [2.05, 4.69) is 5.32 Å². The highest BCUT2D eigenvalue weighted by Crippen LogP contribution is 2.37. The van der Waals surface area contributed by atoms with Crippen molar-refractivity contribution in [3.05, 3.63) is 42.0 Å². The van der Waals surface area contributed by atoms with Gasteiger partial charge >= 0.3 is 0 Å². The van der Waals surface area contributed by atoms with Gasteiger partial charge in [-0.2, -0.15) is 0 Å². The molecule has 22 heavy (non-hydrogen) atoms. The van der Waals surface area contributed by atoms with Crippen LogP contribution in [-0.2, 0) is 4.79 Å². The number of amides is 1. The SMILES string of the molecule is C[C@H]1C(=O)Nc2cc(O)cc(c2O)[C@H](O)C/C=C\C=C/[C@H]1O. The van der Waals surface area contributed by atoms with Gasteiger partial charge in [-0.15, -0.1) is 0 Å². The van der Waals surface area contributed by atoms with Crippen molar-refractivity contribution in [2.75, 3.05) is 5.32 Å². The van der Waals surface area contributed by atoms with Crippen molar-refractivity contribution in [3.63, 3.8) is 0 Å². The zero-order valence-corrected chi connectivity index (χ0v) is 12.1. The summed E-state index contributed by atoms with van der Waals surface area (Å²) in [6, 6.07) is 2.44. The number of benzene rings is 1. The Morgan fingerprint density at radius 2 is 1.91 bits per heavy atom. The van der Waals surface area contributed by atoms with Gasteiger partial charge in [-0.25, -0.2) is 0 Å². The van der Waals surface area contributed by atoms with Gasteiger partial charge in [0.05, 0.1) is 23.8 Å². The molecule has 1 aromatic rings. The Labute approximate surface area is 128 Å². The molecule has 0 radical (unpaired) electrons. The molecule has 0 spiro atoms. The van der Waals surface area contributed by atoms with Gasteiger partial charge in [0, 0.05) is 11.6 Å². The standard InChI is InChI=1S/C16H19NO5/c1-9-13(19)5-3-2-4-6-14(20)11-7-10(18)8-12(15(11)21)17-16(9)22/h2-5,7-9,13-14,18-21H,6H2,1H3,(H,17,22)/b4-2-,5-3-/t9-,13-,14-/m1/s1. The summed E-state index contributed by atoms with van der Waals surface area (Å²) in [6.07, 6.45) is 4.54. The van der Waals surface area contributed by atoms with E-state index < -0.39 is 24.0 Å². The minimum absolute atomic E-state index is 0.00898. The molecule has 6 nitrogen and oxygen atoms in total. The van der Waals surface area contributed by atoms with E-state index in [0.717, 1.165) is 0 Å². The number of fused-ring (bicyclic) bond motifs is 2. The molecule has 0 fully saturated rings. The number of carbonyl (C=O) groups excluding carboxylic acids is 1. The van der Waals surface area contributed by atoms with Gasteiger partial charge in [0.25, 0.3) is 0 Å². The van der Waals surface area contributed by atoms with Gasteiger partial charge in [0.1, 0.15) is 11.5 Å². The number of phenols is 2. The first-order chi connectivity index (χ1) is 10.4. The maximum atomic E-state index is 12.1. The fourth-order valence-corrected chi connectivity index (χ4v) is 2.15. The molecule has 2 rings (SSSR count). The van der Waals surface area contributed by atoms with Crippen LogP contribution >= 0.6 is 0 Å². The van der Waals surface area contributed by atoms with Crippen LogP contribution in [0.3, 0.4) is 0 Å². The van der Waals surface area contributed by atoms with E-state index in [-0.39, 0.29) is 29.2 Å². The quantitative estimate of drug-likeness (QED) is 0.369. The van der Waals surface area contributed by atoms with Crippen LogP contribution in [0.1, 0.15) is 25.0 Å². The number of aliphatic hydroxyl groups excluding tert-OH is 2. The summed E-state index contributed by atoms with van der Waals surface area (Å²) in [5.74, 6) is -1.75. The number of aliphatic hydroxyl groups is 2. The molecule has 1 amide bonds. The minimum atomic E-state index is -1.03. The molecule has 0 saturated carbocycles. The highest BCUT2D eigenvalue weighted by molar-refractivity contribution is 5.94. The molecule has 1 heterocycles. The topological polar surface area (TPSA) is 110 Å². The van der Waals surface area contributed by atoms with E-state index in [1.807, 2.05) is 0 Å². The predicted octanol–water partition coefficient (Wildman–Crippen LogP) is 1.58. The molecule has 1 aromatic carbocycles. The van der Waals surface area contributed by atoms with Crippen molar-refractivity contribution in [2.24, 2.45) is 5.92 Å². The van der Waals surface area contributed by atoms with Crippen LogP contribution in [-0.4, -0.2) is 32.4 Å². The van der Waals surface area contributed by atoms with Crippen LogP contribution in [0.5, 0.6) is 11.5 Å². The number of hydrogen-bond donors (Lipinski definition) is 5. The summed E-state index contributed by atoms with van der Waals surface area (Å²) in [6.45, 7) is 1.54. The third-order valence-electron chi connectivity index (χ3n) is 3.58. The monoisotopic (exact) mass is 305 g/mol. The van der Waals surface area contributed by atoms with Crippen molar-refractivity contribution in [3.8, 4) is 11.5 Å². The molecule has 0 aliphatic carbocycles. The number of hydrogen-bond acceptors (Lipinski definition) is 5. The molecule has 1 aliphatic rings. The van der Waals surface area contributed by atoms with Crippen LogP contribution in [0.4, 0.5) is 5.69 Å². The summed E-state index contributed by atoms with van der Waals surface area (Å²) >= 11 is 0. The van der Waals surface area contributed by atoms with Crippen LogP contribution < -0.4 is 5.32 Å². The van der Waals surface area contributed by atoms with Crippen LogP contribution in [0.2, 0.25) is 0 Å². The molecule has 6 heteroatoms. The Hall–Kier alpha value is -2.31. The second-order valence-electron chi connectivity index (χ2n) is 5.26. The number of allylic oxidation sites excluding steroid dienone is 2. The highest BCUT2D eigenvalue weighted by atomic mass is 16.3. The summed E-state index contributed by atoms with van der Waals surface area (Å²) in [7, 11) is 0. The van der Waals surface area contributed by atoms with Crippen molar-refractivity contribution in [1.82, 2.24) is 0 Å². The van der Waals surface area contributed by atoms with E-state index in [1.165, 1.54) is 18.2 Å². The third kappa shape index (κ3) is 3.47. The van der Waals surface area contributed by atoms with Gasteiger partial charge in [-0.1, -0.05) is 31.2 Å². The minimum Gasteiger partial charge on any atom is -0.508 e. The summed E-state index contributed by atoms with van der Waals surface area (Å²) in [5.41, 5.74) is 0.113. The lowest BCUT2D eigenvalue weighted by Gasteiger charge is -2.18. The van der Waals surface area contributed by atoms with E-state index in [0.29, 0.717) is 0 Å². The normalized spacial score (nSPS) is 28.7. The predicted molar refractivity (Wildman–Crippen MR) is 81.4 cm³/mol. The third-order valence-corrected chi connectivity index (χ3v) is 3.58. The molecule has 1 aliphatic heterocycles. The second-order valence-corrected chi connectivity index (χ2v) is 5.26. The van der Waals surface area contributed by atoms with E-state index >= 15 is 0 Å². The summed E-state index contributed by atoms with van der Waals surface area (Å²) in [5, 5.41) is 42.4. The molecule has 0 unspecified atom stereocenters. The average Bonchev–Trinajstić information content (AvgIpc) is 2.48. The number of phenolic OH excluding ortho intramolecular Hbond substituents is 2. The molecule has 0 saturated heterocycles. The molecule has 0 aromatic heterocycles. The van der Waals surface area contributed by atoms with E-state index in [1.54, 1.807) is 25.2 Å². The van der Waals surface area contributed by atoms with Crippen molar-refractivity contribution < 1.29 is 25.2 Å². The summed E-state index contributed by atoms with van der Waals surface area (Å²) < 4.78 is 0. The van der Waals surface area contributed by atoms with Crippen molar-refractivity contribution >= 4 is 11.6 Å². The molecule has 5 N–H and O–H groups in total. The van der Waals surface area contributed by atoms with Crippen molar-refractivity contribution in [1.29, 1.82) is 0 Å². The molecule has 3 atom stereocenters. The Morgan fingerprint density at radius 3 is 2.64 bits per heavy atom. The van der Waals surface area contributed by atoms with Gasteiger partial charge < -0.3 is 25.7 Å². The fraction of sp³-hybridized carbons (Fsp3) is 0.312. The average molecular weight is 305 g/mol. The number of aromatic hydroxyl groups is 2. The fourth-order valence-electron chi connectivity index (χ4n) is 2.15. The summed E-state index contributed by atoms with van der Waals surface area (Å²) in [4.78, 5) is 12.1. The zero-order chi connectivity index (χ0) is 16.3. The molecule has 118 valence electrons. The first-order valence-corrected chi connectivity index (χ1v) is 6.96. The van der Waals surface area contributed by atoms with Crippen molar-refractivity contribution in [2.45, 2.75) is 25.6 Å². The Balaban J connectivity index is 2.47. The van der Waals surface area contributed by atoms with Crippen LogP contribution in [0.25, 0.3) is 0 Å². The van der Waals surface area contributed by atoms with Gasteiger partial charge in [0.15, 0.2) is 0 Å². The Kier molecular flexibility index (Phi) is 4.85. The van der Waals surface area contributed by atoms with Crippen LogP contribution in [0, 0.1) is 5.92 Å². The maximum Gasteiger partial charge on any atom is 0.230 e. The highest BCUT2D eigenvalue weighted by Gasteiger charge is 2.23. The second kappa shape index (κ2) is 6.64. The lowest BCUT2D eigenvalue weighted by atomic mass is 10.0. The molecular weight excluding hydrogens is 286 g/mol. The largest absolute Gasteiger partial charge is 0.508 e. The van der Waals surface area contributed by atoms with E-state index in [4.69, 9.17) is 0 Å². The number of carbonyl (C=O) groups is 1. The Bertz CT molecular complexity index is 623.